The first-order valence-electron chi connectivity index (χ1n) is 4.03. The lowest BCUT2D eigenvalue weighted by Crippen LogP contribution is -2.08. The van der Waals surface area contributed by atoms with Gasteiger partial charge in [-0.2, -0.15) is 0 Å². The van der Waals surface area contributed by atoms with Gasteiger partial charge in [-0.25, -0.2) is 4.79 Å². The van der Waals surface area contributed by atoms with Crippen molar-refractivity contribution in [2.45, 2.75) is 0 Å². The number of methoxy groups -OCH3 is 1. The minimum atomic E-state index is -0.873. The average molecular weight is 288 g/mol. The van der Waals surface area contributed by atoms with Crippen molar-refractivity contribution in [1.82, 2.24) is 0 Å². The van der Waals surface area contributed by atoms with Gasteiger partial charge in [-0.3, -0.25) is 14.9 Å². The van der Waals surface area contributed by atoms with Crippen LogP contribution < -0.4 is 0 Å². The number of esters is 1. The van der Waals surface area contributed by atoms with E-state index < -0.39 is 16.6 Å². The van der Waals surface area contributed by atoms with Gasteiger partial charge in [0.05, 0.1) is 12.0 Å². The van der Waals surface area contributed by atoms with Crippen LogP contribution in [0.5, 0.6) is 0 Å². The van der Waals surface area contributed by atoms with E-state index in [0.717, 1.165) is 13.2 Å². The fraction of sp³-hybridized carbons (Fsp3) is 0.111. The minimum Gasteiger partial charge on any atom is -0.465 e. The van der Waals surface area contributed by atoms with E-state index in [0.29, 0.717) is 6.29 Å². The molecule has 1 aromatic carbocycles. The first-order chi connectivity index (χ1) is 7.52. The number of halogens is 1. The molecule has 7 heteroatoms. The predicted octanol–water partition coefficient (Wildman–Crippen LogP) is 1.96. The fourth-order valence-electron chi connectivity index (χ4n) is 1.12. The number of nitro groups is 1. The number of nitro benzene ring substituents is 1. The number of benzene rings is 1. The van der Waals surface area contributed by atoms with Crippen LogP contribution in [-0.2, 0) is 4.74 Å². The Morgan fingerprint density at radius 3 is 2.62 bits per heavy atom. The summed E-state index contributed by atoms with van der Waals surface area (Å²) in [5, 5.41) is 10.7. The summed E-state index contributed by atoms with van der Waals surface area (Å²) in [6.45, 7) is 0. The molecular formula is C9H6BrNO5. The summed E-state index contributed by atoms with van der Waals surface area (Å²) < 4.78 is 4.48. The molecule has 0 atom stereocenters. The SMILES string of the molecule is COC(=O)c1c([N+](=O)[O-])ccc(C=O)c1Br. The molecule has 0 heterocycles. The first-order valence-corrected chi connectivity index (χ1v) is 4.82. The van der Waals surface area contributed by atoms with Crippen LogP contribution in [0, 0.1) is 10.1 Å². The highest BCUT2D eigenvalue weighted by molar-refractivity contribution is 9.10. The number of hydrogen-bond acceptors (Lipinski definition) is 5. The molecule has 0 radical (unpaired) electrons. The summed E-state index contributed by atoms with van der Waals surface area (Å²) >= 11 is 2.97. The van der Waals surface area contributed by atoms with E-state index in [2.05, 4.69) is 20.7 Å². The van der Waals surface area contributed by atoms with Gasteiger partial charge in [0.1, 0.15) is 0 Å². The smallest absolute Gasteiger partial charge is 0.346 e. The highest BCUT2D eigenvalue weighted by atomic mass is 79.9. The third kappa shape index (κ3) is 2.08. The van der Waals surface area contributed by atoms with E-state index >= 15 is 0 Å². The topological polar surface area (TPSA) is 86.5 Å². The second kappa shape index (κ2) is 4.84. The number of hydrogen-bond donors (Lipinski definition) is 0. The normalized spacial score (nSPS) is 9.62. The van der Waals surface area contributed by atoms with Crippen LogP contribution in [0.2, 0.25) is 0 Å². The molecule has 0 bridgehead atoms. The van der Waals surface area contributed by atoms with E-state index in [-0.39, 0.29) is 15.6 Å². The van der Waals surface area contributed by atoms with Crippen molar-refractivity contribution in [3.8, 4) is 0 Å². The second-order valence-electron chi connectivity index (χ2n) is 2.73. The third-order valence-electron chi connectivity index (χ3n) is 1.86. The summed E-state index contributed by atoms with van der Waals surface area (Å²) in [7, 11) is 1.10. The molecule has 0 spiro atoms. The largest absolute Gasteiger partial charge is 0.465 e. The molecule has 16 heavy (non-hydrogen) atoms. The zero-order valence-corrected chi connectivity index (χ0v) is 9.68. The van der Waals surface area contributed by atoms with Crippen molar-refractivity contribution in [3.05, 3.63) is 37.8 Å². The molecule has 0 saturated carbocycles. The van der Waals surface area contributed by atoms with Crippen molar-refractivity contribution >= 4 is 33.9 Å². The molecule has 0 aliphatic heterocycles. The predicted molar refractivity (Wildman–Crippen MR) is 57.5 cm³/mol. The number of carbonyl (C=O) groups is 2. The molecule has 0 fully saturated rings. The van der Waals surface area contributed by atoms with E-state index in [1.165, 1.54) is 6.07 Å². The lowest BCUT2D eigenvalue weighted by atomic mass is 10.1. The van der Waals surface area contributed by atoms with Crippen molar-refractivity contribution in [2.24, 2.45) is 0 Å². The Bertz CT molecular complexity index is 471. The van der Waals surface area contributed by atoms with Gasteiger partial charge in [-0.05, 0) is 22.0 Å². The van der Waals surface area contributed by atoms with Gasteiger partial charge in [0.15, 0.2) is 11.8 Å². The van der Waals surface area contributed by atoms with E-state index in [9.17, 15) is 19.7 Å². The molecule has 0 unspecified atom stereocenters. The van der Waals surface area contributed by atoms with Crippen molar-refractivity contribution in [1.29, 1.82) is 0 Å². The number of aldehydes is 1. The molecule has 1 aromatic rings. The highest BCUT2D eigenvalue weighted by Crippen LogP contribution is 2.29. The maximum Gasteiger partial charge on any atom is 0.346 e. The van der Waals surface area contributed by atoms with Gasteiger partial charge >= 0.3 is 5.97 Å². The Balaban J connectivity index is 3.54. The summed E-state index contributed by atoms with van der Waals surface area (Å²) in [4.78, 5) is 31.9. The molecule has 0 aliphatic rings. The summed E-state index contributed by atoms with van der Waals surface area (Å²) in [6.07, 6.45) is 0.486. The lowest BCUT2D eigenvalue weighted by molar-refractivity contribution is -0.385. The molecule has 6 nitrogen and oxygen atoms in total. The quantitative estimate of drug-likeness (QED) is 0.367. The van der Waals surface area contributed by atoms with E-state index in [1.807, 2.05) is 0 Å². The fourth-order valence-corrected chi connectivity index (χ4v) is 1.71. The number of carbonyl (C=O) groups excluding carboxylic acids is 2. The van der Waals surface area contributed by atoms with Crippen LogP contribution >= 0.6 is 15.9 Å². The molecule has 0 aromatic heterocycles. The Morgan fingerprint density at radius 1 is 1.56 bits per heavy atom. The van der Waals surface area contributed by atoms with Gasteiger partial charge in [-0.1, -0.05) is 0 Å². The lowest BCUT2D eigenvalue weighted by Gasteiger charge is -2.05. The molecule has 0 amide bonds. The Kier molecular flexibility index (Phi) is 3.73. The van der Waals surface area contributed by atoms with Gasteiger partial charge in [0.25, 0.3) is 5.69 Å². The van der Waals surface area contributed by atoms with Crippen molar-refractivity contribution < 1.29 is 19.2 Å². The molecule has 1 rings (SSSR count). The molecule has 0 saturated heterocycles. The summed E-state index contributed by atoms with van der Waals surface area (Å²) in [5.74, 6) is -0.873. The minimum absolute atomic E-state index is 0.0588. The van der Waals surface area contributed by atoms with Gasteiger partial charge in [0.2, 0.25) is 0 Å². The maximum atomic E-state index is 11.4. The van der Waals surface area contributed by atoms with E-state index in [1.54, 1.807) is 0 Å². The second-order valence-corrected chi connectivity index (χ2v) is 3.52. The maximum absolute atomic E-state index is 11.4. The van der Waals surface area contributed by atoms with Crippen LogP contribution in [0.1, 0.15) is 20.7 Å². The Labute approximate surface area is 98.5 Å². The Morgan fingerprint density at radius 2 is 2.19 bits per heavy atom. The van der Waals surface area contributed by atoms with Crippen LogP contribution in [-0.4, -0.2) is 24.3 Å². The standard InChI is InChI=1S/C9H6BrNO5/c1-16-9(13)7-6(11(14)15)3-2-5(4-12)8(7)10/h2-4H,1H3. The third-order valence-corrected chi connectivity index (χ3v) is 2.72. The number of rotatable bonds is 3. The Hall–Kier alpha value is -1.76. The van der Waals surface area contributed by atoms with Crippen LogP contribution in [0.3, 0.4) is 0 Å². The van der Waals surface area contributed by atoms with Crippen LogP contribution in [0.4, 0.5) is 5.69 Å². The summed E-state index contributed by atoms with van der Waals surface area (Å²) in [5.41, 5.74) is -0.535. The molecule has 0 aliphatic carbocycles. The zero-order valence-electron chi connectivity index (χ0n) is 8.10. The molecule has 0 N–H and O–H groups in total. The van der Waals surface area contributed by atoms with Crippen molar-refractivity contribution in [3.63, 3.8) is 0 Å². The monoisotopic (exact) mass is 287 g/mol. The van der Waals surface area contributed by atoms with Crippen LogP contribution in [0.15, 0.2) is 16.6 Å². The highest BCUT2D eigenvalue weighted by Gasteiger charge is 2.25. The number of nitrogens with zero attached hydrogens (tertiary/aromatic N) is 1. The molecule has 84 valence electrons. The van der Waals surface area contributed by atoms with Gasteiger partial charge < -0.3 is 4.74 Å². The summed E-state index contributed by atoms with van der Waals surface area (Å²) in [6, 6.07) is 2.34. The molecular weight excluding hydrogens is 282 g/mol. The van der Waals surface area contributed by atoms with Crippen LogP contribution in [0.25, 0.3) is 0 Å². The zero-order chi connectivity index (χ0) is 12.3. The van der Waals surface area contributed by atoms with Gasteiger partial charge in [0, 0.05) is 16.1 Å². The average Bonchev–Trinajstić information content (AvgIpc) is 2.27. The van der Waals surface area contributed by atoms with Crippen molar-refractivity contribution in [2.75, 3.05) is 7.11 Å². The van der Waals surface area contributed by atoms with Gasteiger partial charge in [-0.15, -0.1) is 0 Å². The number of ether oxygens (including phenoxy) is 1. The van der Waals surface area contributed by atoms with E-state index in [4.69, 9.17) is 0 Å². The first kappa shape index (κ1) is 12.3.